The Morgan fingerprint density at radius 2 is 1.50 bits per heavy atom. The quantitative estimate of drug-likeness (QED) is 0.383. The molecular weight excluding hydrogens is 368 g/mol. The number of furan rings is 1. The van der Waals surface area contributed by atoms with E-state index in [1.807, 2.05) is 19.1 Å². The number of aliphatic hydroxyl groups excluding tert-OH is 1. The lowest BCUT2D eigenvalue weighted by Crippen LogP contribution is -1.79. The molecule has 1 N–H and O–H groups in total. The Morgan fingerprint density at radius 1 is 0.800 bits per heavy atom. The van der Waals surface area contributed by atoms with E-state index < -0.39 is 0 Å². The molecule has 2 nitrogen and oxygen atoms in total. The van der Waals surface area contributed by atoms with E-state index in [9.17, 15) is 0 Å². The lowest BCUT2D eigenvalue weighted by atomic mass is 10.1. The summed E-state index contributed by atoms with van der Waals surface area (Å²) >= 11 is 0. The van der Waals surface area contributed by atoms with Crippen LogP contribution in [0.25, 0.3) is 16.8 Å². The average Bonchev–Trinajstić information content (AvgIpc) is 3.24. The molecule has 1 heterocycles. The van der Waals surface area contributed by atoms with Crippen molar-refractivity contribution in [1.82, 2.24) is 0 Å². The van der Waals surface area contributed by atoms with Gasteiger partial charge in [-0.25, -0.2) is 0 Å². The minimum atomic E-state index is -0.00611. The molecule has 4 aromatic rings. The minimum Gasteiger partial charge on any atom is -0.464 e. The molecule has 0 aliphatic rings. The number of rotatable bonds is 4. The van der Waals surface area contributed by atoms with Gasteiger partial charge in [0.15, 0.2) is 0 Å². The zero-order valence-electron chi connectivity index (χ0n) is 18.2. The Kier molecular flexibility index (Phi) is 10.2. The summed E-state index contributed by atoms with van der Waals surface area (Å²) < 4.78 is 4.98. The highest BCUT2D eigenvalue weighted by atomic mass is 16.4. The van der Waals surface area contributed by atoms with Crippen molar-refractivity contribution < 1.29 is 9.52 Å². The third-order valence-corrected chi connectivity index (χ3v) is 4.52. The lowest BCUT2D eigenvalue weighted by molar-refractivity contribution is 0.245. The van der Waals surface area contributed by atoms with Crippen molar-refractivity contribution in [2.24, 2.45) is 0 Å². The van der Waals surface area contributed by atoms with Crippen LogP contribution in [0.15, 0.2) is 95.4 Å². The molecule has 0 radical (unpaired) electrons. The highest BCUT2D eigenvalue weighted by molar-refractivity contribution is 5.82. The summed E-state index contributed by atoms with van der Waals surface area (Å²) in [6, 6.07) is 29.0. The van der Waals surface area contributed by atoms with Crippen LogP contribution < -0.4 is 0 Å². The van der Waals surface area contributed by atoms with E-state index in [4.69, 9.17) is 9.52 Å². The number of allylic oxidation sites excluding steroid dienone is 1. The van der Waals surface area contributed by atoms with Crippen LogP contribution in [0.3, 0.4) is 0 Å². The van der Waals surface area contributed by atoms with Crippen LogP contribution in [0.1, 0.15) is 42.9 Å². The Hall–Kier alpha value is -3.10. The predicted molar refractivity (Wildman–Crippen MR) is 128 cm³/mol. The zero-order valence-corrected chi connectivity index (χ0v) is 18.2. The first-order valence-electron chi connectivity index (χ1n) is 10.5. The molecule has 0 bridgehead atoms. The van der Waals surface area contributed by atoms with Crippen LogP contribution in [0.2, 0.25) is 0 Å². The number of benzene rings is 3. The van der Waals surface area contributed by atoms with Crippen molar-refractivity contribution in [3.05, 3.63) is 114 Å². The molecule has 0 spiro atoms. The van der Waals surface area contributed by atoms with E-state index in [1.165, 1.54) is 21.9 Å². The summed E-state index contributed by atoms with van der Waals surface area (Å²) in [5.74, 6) is 1.47. The van der Waals surface area contributed by atoms with Gasteiger partial charge in [-0.15, -0.1) is 0 Å². The van der Waals surface area contributed by atoms with Gasteiger partial charge in [0.2, 0.25) is 0 Å². The highest BCUT2D eigenvalue weighted by Crippen LogP contribution is 2.15. The van der Waals surface area contributed by atoms with Crippen molar-refractivity contribution >= 4 is 16.8 Å². The van der Waals surface area contributed by atoms with Gasteiger partial charge >= 0.3 is 0 Å². The molecule has 156 valence electrons. The first-order chi connectivity index (χ1) is 14.7. The second kappa shape index (κ2) is 13.2. The fraction of sp³-hybridized carbons (Fsp3) is 0.214. The van der Waals surface area contributed by atoms with Crippen molar-refractivity contribution in [2.75, 3.05) is 0 Å². The van der Waals surface area contributed by atoms with Gasteiger partial charge in [0, 0.05) is 0 Å². The zero-order chi connectivity index (χ0) is 21.6. The van der Waals surface area contributed by atoms with E-state index >= 15 is 0 Å². The van der Waals surface area contributed by atoms with Crippen LogP contribution in [0.4, 0.5) is 0 Å². The third-order valence-electron chi connectivity index (χ3n) is 4.52. The Labute approximate surface area is 180 Å². The molecule has 0 fully saturated rings. The summed E-state index contributed by atoms with van der Waals surface area (Å²) in [5.41, 5.74) is 2.69. The van der Waals surface area contributed by atoms with E-state index in [0.29, 0.717) is 5.76 Å². The molecule has 0 unspecified atom stereocenters. The SMILES string of the molecule is CC/C=C/c1ccccc1.CCc1ccc2ccccc2c1.Cc1ccc(CO)o1. The Balaban J connectivity index is 0.000000164. The van der Waals surface area contributed by atoms with Crippen molar-refractivity contribution in [3.63, 3.8) is 0 Å². The van der Waals surface area contributed by atoms with Gasteiger partial charge in [-0.2, -0.15) is 0 Å². The molecule has 0 saturated carbocycles. The lowest BCUT2D eigenvalue weighted by Gasteiger charge is -1.99. The number of aryl methyl sites for hydroxylation is 2. The minimum absolute atomic E-state index is 0.00611. The molecule has 4 rings (SSSR count). The van der Waals surface area contributed by atoms with Crippen molar-refractivity contribution in [2.45, 2.75) is 40.2 Å². The standard InChI is InChI=1S/C12H12.C10H12.C6H8O2/c1-2-10-7-8-11-5-3-4-6-12(11)9-10;1-2-3-7-10-8-5-4-6-9-10;1-5-2-3-6(4-7)8-5/h3-9H,2H2,1H3;3-9H,2H2,1H3;2-3,7H,4H2,1H3/b;7-3+;. The summed E-state index contributed by atoms with van der Waals surface area (Å²) in [6.07, 6.45) is 6.52. The monoisotopic (exact) mass is 400 g/mol. The molecular formula is C28H32O2. The summed E-state index contributed by atoms with van der Waals surface area (Å²) in [5, 5.41) is 11.1. The largest absolute Gasteiger partial charge is 0.464 e. The van der Waals surface area contributed by atoms with Gasteiger partial charge in [-0.05, 0) is 53.8 Å². The Bertz CT molecular complexity index is 1010. The van der Waals surface area contributed by atoms with Crippen LogP contribution in [0.5, 0.6) is 0 Å². The molecule has 0 saturated heterocycles. The van der Waals surface area contributed by atoms with Gasteiger partial charge in [0.05, 0.1) is 0 Å². The third kappa shape index (κ3) is 8.10. The van der Waals surface area contributed by atoms with E-state index in [1.54, 1.807) is 6.07 Å². The number of aliphatic hydroxyl groups is 1. The van der Waals surface area contributed by atoms with Gasteiger partial charge in [-0.3, -0.25) is 0 Å². The first-order valence-corrected chi connectivity index (χ1v) is 10.5. The normalized spacial score (nSPS) is 10.3. The second-order valence-electron chi connectivity index (χ2n) is 6.93. The number of hydrogen-bond donors (Lipinski definition) is 1. The maximum Gasteiger partial charge on any atom is 0.129 e. The van der Waals surface area contributed by atoms with Crippen LogP contribution in [-0.2, 0) is 13.0 Å². The molecule has 0 aliphatic carbocycles. The van der Waals surface area contributed by atoms with Crippen LogP contribution in [-0.4, -0.2) is 5.11 Å². The molecule has 0 atom stereocenters. The second-order valence-corrected chi connectivity index (χ2v) is 6.93. The fourth-order valence-electron chi connectivity index (χ4n) is 2.85. The number of fused-ring (bicyclic) bond motifs is 1. The topological polar surface area (TPSA) is 33.4 Å². The van der Waals surface area contributed by atoms with Gasteiger partial charge < -0.3 is 9.52 Å². The highest BCUT2D eigenvalue weighted by Gasteiger charge is 1.93. The van der Waals surface area contributed by atoms with Crippen LogP contribution >= 0.6 is 0 Å². The molecule has 3 aromatic carbocycles. The average molecular weight is 401 g/mol. The summed E-state index contributed by atoms with van der Waals surface area (Å²) in [6.45, 7) is 6.16. The smallest absolute Gasteiger partial charge is 0.129 e. The summed E-state index contributed by atoms with van der Waals surface area (Å²) in [7, 11) is 0. The van der Waals surface area contributed by atoms with E-state index in [0.717, 1.165) is 18.6 Å². The molecule has 0 amide bonds. The van der Waals surface area contributed by atoms with E-state index in [2.05, 4.69) is 92.7 Å². The van der Waals surface area contributed by atoms with Gasteiger partial charge in [-0.1, -0.05) is 98.8 Å². The molecule has 1 aromatic heterocycles. The molecule has 2 heteroatoms. The van der Waals surface area contributed by atoms with Crippen molar-refractivity contribution in [1.29, 1.82) is 0 Å². The van der Waals surface area contributed by atoms with Crippen molar-refractivity contribution in [3.8, 4) is 0 Å². The fourth-order valence-corrected chi connectivity index (χ4v) is 2.85. The van der Waals surface area contributed by atoms with Gasteiger partial charge in [0.1, 0.15) is 18.1 Å². The van der Waals surface area contributed by atoms with Crippen LogP contribution in [0, 0.1) is 6.92 Å². The first kappa shape index (κ1) is 23.2. The maximum atomic E-state index is 8.46. The number of hydrogen-bond acceptors (Lipinski definition) is 2. The Morgan fingerprint density at radius 3 is 2.07 bits per heavy atom. The molecule has 30 heavy (non-hydrogen) atoms. The van der Waals surface area contributed by atoms with Gasteiger partial charge in [0.25, 0.3) is 0 Å². The molecule has 0 aliphatic heterocycles. The predicted octanol–water partition coefficient (Wildman–Crippen LogP) is 7.59. The summed E-state index contributed by atoms with van der Waals surface area (Å²) in [4.78, 5) is 0. The maximum absolute atomic E-state index is 8.46. The van der Waals surface area contributed by atoms with E-state index in [-0.39, 0.29) is 6.61 Å².